The number of hydrogen-bond donors (Lipinski definition) is 1. The highest BCUT2D eigenvalue weighted by molar-refractivity contribution is 7.98. The average Bonchev–Trinajstić information content (AvgIpc) is 3.63. The molecule has 0 saturated carbocycles. The third-order valence-corrected chi connectivity index (χ3v) is 8.03. The Bertz CT molecular complexity index is 1240. The van der Waals surface area contributed by atoms with Crippen LogP contribution in [0.15, 0.2) is 52.0 Å². The van der Waals surface area contributed by atoms with E-state index in [0.717, 1.165) is 67.8 Å². The standard InChI is InChI=1S/C28H34ClN5O3S/c1-19(2)23-16-26(34-13-11-33(12-14-34)24-8-4-3-7-22(24)29)32-28(31-23)38-18-21-9-10-25(37-21)27(35)30-17-20-6-5-15-36-20/h3-4,7-10,16,19-20H,5-6,11-15,17-18H2,1-2H3,(H,30,35)/t20-/m1/s1. The number of nitrogens with one attached hydrogen (secondary N) is 1. The van der Waals surface area contributed by atoms with Gasteiger partial charge in [-0.15, -0.1) is 0 Å². The van der Waals surface area contributed by atoms with Gasteiger partial charge in [-0.3, -0.25) is 4.79 Å². The summed E-state index contributed by atoms with van der Waals surface area (Å²) in [5.74, 6) is 2.58. The Morgan fingerprint density at radius 1 is 1.13 bits per heavy atom. The maximum Gasteiger partial charge on any atom is 0.287 e. The van der Waals surface area contributed by atoms with E-state index >= 15 is 0 Å². The number of rotatable bonds is 9. The number of thioether (sulfide) groups is 1. The van der Waals surface area contributed by atoms with Gasteiger partial charge in [0.25, 0.3) is 5.91 Å². The average molecular weight is 556 g/mol. The van der Waals surface area contributed by atoms with Gasteiger partial charge in [-0.05, 0) is 43.0 Å². The third-order valence-electron chi connectivity index (χ3n) is 6.84. The zero-order valence-corrected chi connectivity index (χ0v) is 23.4. The topological polar surface area (TPSA) is 83.7 Å². The van der Waals surface area contributed by atoms with E-state index in [1.807, 2.05) is 24.3 Å². The molecular formula is C28H34ClN5O3S. The van der Waals surface area contributed by atoms with Gasteiger partial charge in [-0.2, -0.15) is 0 Å². The fraction of sp³-hybridized carbons (Fsp3) is 0.464. The van der Waals surface area contributed by atoms with Crippen LogP contribution in [-0.4, -0.2) is 61.3 Å². The molecule has 2 aliphatic heterocycles. The molecule has 0 bridgehead atoms. The Labute approximate surface area is 233 Å². The molecule has 0 radical (unpaired) electrons. The SMILES string of the molecule is CC(C)c1cc(N2CCN(c3ccccc3Cl)CC2)nc(SCc2ccc(C(=O)NC[C@H]3CCCO3)o2)n1. The molecule has 0 spiro atoms. The molecular weight excluding hydrogens is 522 g/mol. The summed E-state index contributed by atoms with van der Waals surface area (Å²) in [4.78, 5) is 26.8. The molecule has 2 aliphatic rings. The molecule has 1 atom stereocenters. The normalized spacial score (nSPS) is 17.8. The molecule has 2 aromatic heterocycles. The zero-order chi connectivity index (χ0) is 26.5. The second kappa shape index (κ2) is 12.4. The lowest BCUT2D eigenvalue weighted by Gasteiger charge is -2.37. The summed E-state index contributed by atoms with van der Waals surface area (Å²) in [6.07, 6.45) is 2.13. The van der Waals surface area contributed by atoms with Crippen molar-refractivity contribution in [2.24, 2.45) is 0 Å². The lowest BCUT2D eigenvalue weighted by Crippen LogP contribution is -2.47. The van der Waals surface area contributed by atoms with Crippen LogP contribution in [0.5, 0.6) is 0 Å². The Morgan fingerprint density at radius 2 is 1.92 bits per heavy atom. The number of nitrogens with zero attached hydrogens (tertiary/aromatic N) is 4. The van der Waals surface area contributed by atoms with Crippen LogP contribution in [0.2, 0.25) is 5.02 Å². The van der Waals surface area contributed by atoms with Crippen LogP contribution in [0.25, 0.3) is 0 Å². The highest BCUT2D eigenvalue weighted by Gasteiger charge is 2.22. The quantitative estimate of drug-likeness (QED) is 0.278. The van der Waals surface area contributed by atoms with E-state index in [1.165, 1.54) is 11.8 Å². The van der Waals surface area contributed by atoms with Crippen LogP contribution in [-0.2, 0) is 10.5 Å². The minimum absolute atomic E-state index is 0.0997. The van der Waals surface area contributed by atoms with Gasteiger partial charge in [0.15, 0.2) is 10.9 Å². The monoisotopic (exact) mass is 555 g/mol. The predicted octanol–water partition coefficient (Wildman–Crippen LogP) is 5.37. The molecule has 10 heteroatoms. The van der Waals surface area contributed by atoms with Crippen molar-refractivity contribution < 1.29 is 13.9 Å². The number of benzene rings is 1. The van der Waals surface area contributed by atoms with Gasteiger partial charge in [0, 0.05) is 51.1 Å². The number of carbonyl (C=O) groups is 1. The Balaban J connectivity index is 1.20. The Hall–Kier alpha value is -2.75. The minimum Gasteiger partial charge on any atom is -0.455 e. The first-order valence-electron chi connectivity index (χ1n) is 13.2. The molecule has 0 aliphatic carbocycles. The summed E-state index contributed by atoms with van der Waals surface area (Å²) < 4.78 is 11.4. The number of piperazine rings is 1. The molecule has 2 fully saturated rings. The number of carbonyl (C=O) groups excluding carboxylic acids is 1. The predicted molar refractivity (Wildman–Crippen MR) is 152 cm³/mol. The lowest BCUT2D eigenvalue weighted by molar-refractivity contribution is 0.0834. The number of amides is 1. The summed E-state index contributed by atoms with van der Waals surface area (Å²) in [5.41, 5.74) is 2.09. The van der Waals surface area contributed by atoms with E-state index in [2.05, 4.69) is 41.1 Å². The molecule has 3 aromatic rings. The number of para-hydroxylation sites is 1. The van der Waals surface area contributed by atoms with Crippen molar-refractivity contribution in [2.75, 3.05) is 49.1 Å². The van der Waals surface area contributed by atoms with Gasteiger partial charge in [0.05, 0.1) is 22.6 Å². The van der Waals surface area contributed by atoms with E-state index in [4.69, 9.17) is 30.7 Å². The molecule has 1 amide bonds. The first-order chi connectivity index (χ1) is 18.5. The van der Waals surface area contributed by atoms with Gasteiger partial charge < -0.3 is 24.3 Å². The minimum atomic E-state index is -0.215. The molecule has 5 rings (SSSR count). The van der Waals surface area contributed by atoms with Crippen LogP contribution in [0.3, 0.4) is 0 Å². The van der Waals surface area contributed by atoms with E-state index < -0.39 is 0 Å². The van der Waals surface area contributed by atoms with Crippen LogP contribution in [0.4, 0.5) is 11.5 Å². The van der Waals surface area contributed by atoms with Gasteiger partial charge in [-0.1, -0.05) is 49.3 Å². The van der Waals surface area contributed by atoms with Crippen molar-refractivity contribution in [3.63, 3.8) is 0 Å². The number of aromatic nitrogens is 2. The van der Waals surface area contributed by atoms with E-state index in [1.54, 1.807) is 6.07 Å². The van der Waals surface area contributed by atoms with Crippen LogP contribution in [0.1, 0.15) is 54.6 Å². The summed E-state index contributed by atoms with van der Waals surface area (Å²) in [7, 11) is 0. The van der Waals surface area contributed by atoms with Crippen molar-refractivity contribution in [1.29, 1.82) is 0 Å². The number of ether oxygens (including phenoxy) is 1. The molecule has 1 aromatic carbocycles. The van der Waals surface area contributed by atoms with Gasteiger partial charge in [0.2, 0.25) is 0 Å². The van der Waals surface area contributed by atoms with Crippen LogP contribution >= 0.6 is 23.4 Å². The van der Waals surface area contributed by atoms with Gasteiger partial charge in [0.1, 0.15) is 11.6 Å². The first-order valence-corrected chi connectivity index (χ1v) is 14.6. The molecule has 202 valence electrons. The van der Waals surface area contributed by atoms with Crippen molar-refractivity contribution >= 4 is 40.8 Å². The van der Waals surface area contributed by atoms with E-state index in [-0.39, 0.29) is 17.9 Å². The van der Waals surface area contributed by atoms with E-state index in [9.17, 15) is 4.79 Å². The lowest BCUT2D eigenvalue weighted by atomic mass is 10.1. The number of anilines is 2. The first kappa shape index (κ1) is 26.8. The second-order valence-electron chi connectivity index (χ2n) is 9.91. The third kappa shape index (κ3) is 6.62. The van der Waals surface area contributed by atoms with Crippen LogP contribution < -0.4 is 15.1 Å². The van der Waals surface area contributed by atoms with Gasteiger partial charge in [-0.25, -0.2) is 9.97 Å². The summed E-state index contributed by atoms with van der Waals surface area (Å²) in [6, 6.07) is 13.7. The molecule has 2 saturated heterocycles. The van der Waals surface area contributed by atoms with Crippen molar-refractivity contribution in [3.8, 4) is 0 Å². The fourth-order valence-corrected chi connectivity index (χ4v) is 5.66. The highest BCUT2D eigenvalue weighted by Crippen LogP contribution is 2.29. The maximum absolute atomic E-state index is 12.5. The maximum atomic E-state index is 12.5. The van der Waals surface area contributed by atoms with Crippen molar-refractivity contribution in [1.82, 2.24) is 15.3 Å². The number of furan rings is 1. The largest absolute Gasteiger partial charge is 0.455 e. The van der Waals surface area contributed by atoms with Crippen molar-refractivity contribution in [2.45, 2.75) is 49.6 Å². The molecule has 0 unspecified atom stereocenters. The van der Waals surface area contributed by atoms with Gasteiger partial charge >= 0.3 is 0 Å². The summed E-state index contributed by atoms with van der Waals surface area (Å²) >= 11 is 7.94. The molecule has 38 heavy (non-hydrogen) atoms. The Morgan fingerprint density at radius 3 is 2.66 bits per heavy atom. The van der Waals surface area contributed by atoms with Crippen molar-refractivity contribution in [3.05, 3.63) is 64.7 Å². The number of hydrogen-bond acceptors (Lipinski definition) is 8. The Kier molecular flexibility index (Phi) is 8.76. The highest BCUT2D eigenvalue weighted by atomic mass is 35.5. The molecule has 1 N–H and O–H groups in total. The summed E-state index contributed by atoms with van der Waals surface area (Å²) in [6.45, 7) is 9.01. The zero-order valence-electron chi connectivity index (χ0n) is 21.9. The molecule has 8 nitrogen and oxygen atoms in total. The van der Waals surface area contributed by atoms with Crippen LogP contribution in [0, 0.1) is 0 Å². The second-order valence-corrected chi connectivity index (χ2v) is 11.3. The van der Waals surface area contributed by atoms with E-state index in [0.29, 0.717) is 29.0 Å². The number of halogens is 1. The smallest absolute Gasteiger partial charge is 0.287 e. The molecule has 4 heterocycles. The summed E-state index contributed by atoms with van der Waals surface area (Å²) in [5, 5.41) is 4.39. The fourth-order valence-electron chi connectivity index (χ4n) is 4.65.